The fourth-order valence-electron chi connectivity index (χ4n) is 10.6. The Hall–Kier alpha value is -7.77. The van der Waals surface area contributed by atoms with E-state index in [1.54, 1.807) is 177 Å². The van der Waals surface area contributed by atoms with Crippen LogP contribution in [-0.4, -0.2) is 72.9 Å². The number of sulfone groups is 5. The van der Waals surface area contributed by atoms with Gasteiger partial charge < -0.3 is 4.74 Å². The van der Waals surface area contributed by atoms with Crippen molar-refractivity contribution in [3.8, 4) is 38.4 Å². The van der Waals surface area contributed by atoms with Gasteiger partial charge in [-0.05, 0) is 275 Å². The minimum atomic E-state index is -3.32. The van der Waals surface area contributed by atoms with E-state index < -0.39 is 72.9 Å². The Morgan fingerprint density at radius 3 is 0.920 bits per heavy atom. The first-order chi connectivity index (χ1) is 51.1. The van der Waals surface area contributed by atoms with E-state index in [0.29, 0.717) is 35.3 Å². The molecule has 1 aromatic heterocycles. The van der Waals surface area contributed by atoms with Crippen LogP contribution in [0.15, 0.2) is 254 Å². The lowest BCUT2D eigenvalue weighted by molar-refractivity contribution is 0.411. The van der Waals surface area contributed by atoms with Crippen molar-refractivity contribution in [3.63, 3.8) is 0 Å². The summed E-state index contributed by atoms with van der Waals surface area (Å²) < 4.78 is 124. The summed E-state index contributed by atoms with van der Waals surface area (Å²) in [6, 6.07) is 71.3. The third-order valence-corrected chi connectivity index (χ3v) is 31.3. The maximum atomic E-state index is 12.5. The normalized spacial score (nSPS) is 12.4. The van der Waals surface area contributed by atoms with Gasteiger partial charge in [0.15, 0.2) is 49.2 Å². The summed E-state index contributed by atoms with van der Waals surface area (Å²) >= 11 is 1.48. The minimum absolute atomic E-state index is 0.354. The number of aryl methyl sites for hydroxylation is 6. The first-order valence-corrected chi connectivity index (χ1v) is 46.0. The number of rotatable bonds is 11. The zero-order valence-corrected chi connectivity index (χ0v) is 76.7. The third-order valence-electron chi connectivity index (χ3n) is 17.7. The van der Waals surface area contributed by atoms with Crippen molar-refractivity contribution in [2.45, 2.75) is 248 Å². The molecule has 0 radical (unpaired) electrons. The fourth-order valence-corrected chi connectivity index (χ4v) is 17.9. The van der Waals surface area contributed by atoms with Gasteiger partial charge >= 0.3 is 0 Å². The molecule has 0 atom stereocenters. The van der Waals surface area contributed by atoms with Crippen LogP contribution in [0.5, 0.6) is 5.75 Å². The van der Waals surface area contributed by atoms with E-state index in [1.807, 2.05) is 137 Å². The molecular weight excluding hydrogens is 1510 g/mol. The second-order valence-electron chi connectivity index (χ2n) is 35.8. The van der Waals surface area contributed by atoms with Gasteiger partial charge in [-0.3, -0.25) is 0 Å². The van der Waals surface area contributed by atoms with Gasteiger partial charge in [0.2, 0.25) is 0 Å². The van der Waals surface area contributed by atoms with Crippen molar-refractivity contribution < 1.29 is 46.8 Å². The summed E-state index contributed by atoms with van der Waals surface area (Å²) in [5.41, 5.74) is 15.9. The van der Waals surface area contributed by atoms with Crippen LogP contribution < -0.4 is 4.74 Å². The molecule has 0 N–H and O–H groups in total. The molecule has 0 fully saturated rings. The highest BCUT2D eigenvalue weighted by Crippen LogP contribution is 2.36. The molecule has 10 aromatic rings. The maximum Gasteiger partial charge on any atom is 0.184 e. The van der Waals surface area contributed by atoms with E-state index in [0.717, 1.165) is 62.4 Å². The predicted octanol–water partition coefficient (Wildman–Crippen LogP) is 24.8. The molecule has 0 saturated carbocycles. The minimum Gasteiger partial charge on any atom is -0.497 e. The quantitative estimate of drug-likeness (QED) is 0.120. The molecule has 1 heterocycles. The zero-order valence-electron chi connectivity index (χ0n) is 71.8. The van der Waals surface area contributed by atoms with Crippen LogP contribution in [0.3, 0.4) is 0 Å². The Labute approximate surface area is 680 Å². The van der Waals surface area contributed by atoms with Crippen molar-refractivity contribution in [3.05, 3.63) is 274 Å². The Balaban J connectivity index is 0.000000278. The zero-order chi connectivity index (χ0) is 85.2. The second kappa shape index (κ2) is 39.0. The van der Waals surface area contributed by atoms with Crippen LogP contribution in [0.2, 0.25) is 0 Å². The van der Waals surface area contributed by atoms with E-state index in [9.17, 15) is 42.1 Å². The summed E-state index contributed by atoms with van der Waals surface area (Å²) in [5, 5.41) is 1.73. The molecule has 112 heavy (non-hydrogen) atoms. The highest BCUT2D eigenvalue weighted by atomic mass is 32.2. The molecule has 0 aliphatic rings. The highest BCUT2D eigenvalue weighted by molar-refractivity contribution is 7.94. The molecule has 0 aliphatic heterocycles. The number of hydrogen-bond donors (Lipinski definition) is 0. The molecule has 9 aromatic carbocycles. The first kappa shape index (κ1) is 96.6. The van der Waals surface area contributed by atoms with Gasteiger partial charge in [-0.25, -0.2) is 42.1 Å². The molecule has 17 heteroatoms. The Morgan fingerprint density at radius 1 is 0.259 bits per heavy atom. The van der Waals surface area contributed by atoms with Gasteiger partial charge in [0.1, 0.15) is 5.75 Å². The van der Waals surface area contributed by atoms with Crippen LogP contribution in [-0.2, 0) is 62.0 Å². The first-order valence-electron chi connectivity index (χ1n) is 37.7. The van der Waals surface area contributed by atoms with Crippen molar-refractivity contribution in [2.75, 3.05) is 7.11 Å². The number of ether oxygens (including phenoxy) is 1. The van der Waals surface area contributed by atoms with Crippen LogP contribution in [0.1, 0.15) is 190 Å². The van der Waals surface area contributed by atoms with Gasteiger partial charge in [0.25, 0.3) is 0 Å². The molecule has 11 nitrogen and oxygen atoms in total. The average molecular weight is 1640 g/mol. The van der Waals surface area contributed by atoms with Crippen LogP contribution in [0.4, 0.5) is 0 Å². The van der Waals surface area contributed by atoms with Crippen LogP contribution >= 0.6 is 11.3 Å². The highest BCUT2D eigenvalue weighted by Gasteiger charge is 2.35. The van der Waals surface area contributed by atoms with Crippen molar-refractivity contribution >= 4 is 60.5 Å². The number of methoxy groups -OCH3 is 1. The molecular formula is C95H126O11S6. The molecule has 0 amide bonds. The molecule has 0 unspecified atom stereocenters. The van der Waals surface area contributed by atoms with E-state index in [2.05, 4.69) is 110 Å². The number of hydrogen-bond acceptors (Lipinski definition) is 12. The van der Waals surface area contributed by atoms with Crippen LogP contribution in [0, 0.1) is 52.4 Å². The number of benzene rings is 9. The summed E-state index contributed by atoms with van der Waals surface area (Å²) in [4.78, 5) is 2.94. The predicted molar refractivity (Wildman–Crippen MR) is 475 cm³/mol. The smallest absolute Gasteiger partial charge is 0.184 e. The van der Waals surface area contributed by atoms with E-state index in [-0.39, 0.29) is 0 Å². The van der Waals surface area contributed by atoms with E-state index >= 15 is 0 Å². The molecule has 0 saturated heterocycles. The largest absolute Gasteiger partial charge is 0.497 e. The monoisotopic (exact) mass is 1630 g/mol. The van der Waals surface area contributed by atoms with Gasteiger partial charge in [-0.1, -0.05) is 233 Å². The van der Waals surface area contributed by atoms with Crippen molar-refractivity contribution in [2.24, 2.45) is 10.8 Å². The average Bonchev–Trinajstić information content (AvgIpc) is 1.73. The SMILES string of the molecule is COc1ccc(-c2ccc(S(=O)(=O)C(C)(C)C)cc2)cc1.Cc1ccc(-c2cccc(S(=O)(=O)C(C)(C)C)c2)cc1.Cc1ccc(CC(C)(C)C)cc1.Cc1ccc(S(=O)(=O)C(C)(C)C)cc1.Cc1ccc(S(=O)(=O)C(C)(C)C)cc1.Cc1cccc(-c2cc(S(=O)(=O)C(C)(C)C)cs2)c1.Cc1cccc(CC(C)(C)C)c1. The van der Waals surface area contributed by atoms with Gasteiger partial charge in [0.05, 0.1) is 55.3 Å². The van der Waals surface area contributed by atoms with Gasteiger partial charge in [0, 0.05) is 10.3 Å². The lowest BCUT2D eigenvalue weighted by Gasteiger charge is -2.19. The molecule has 0 aliphatic carbocycles. The third kappa shape index (κ3) is 28.9. The maximum absolute atomic E-state index is 12.5. The number of thiophene rings is 1. The second-order valence-corrected chi connectivity index (χ2v) is 50.2. The molecule has 608 valence electrons. The molecule has 10 rings (SSSR count). The fraction of sp³-hybridized carbons (Fsp3) is 0.389. The van der Waals surface area contributed by atoms with Crippen molar-refractivity contribution in [1.82, 2.24) is 0 Å². The van der Waals surface area contributed by atoms with Gasteiger partial charge in [-0.2, -0.15) is 0 Å². The lowest BCUT2D eigenvalue weighted by atomic mass is 9.88. The summed E-state index contributed by atoms with van der Waals surface area (Å²) in [6.45, 7) is 51.6. The Bertz CT molecular complexity index is 5160. The summed E-state index contributed by atoms with van der Waals surface area (Å²) in [6.07, 6.45) is 2.32. The lowest BCUT2D eigenvalue weighted by Crippen LogP contribution is -2.27. The van der Waals surface area contributed by atoms with Gasteiger partial charge in [-0.15, -0.1) is 11.3 Å². The van der Waals surface area contributed by atoms with Crippen LogP contribution in [0.25, 0.3) is 32.7 Å². The Morgan fingerprint density at radius 2 is 0.554 bits per heavy atom. The molecule has 0 spiro atoms. The Kier molecular flexibility index (Phi) is 33.7. The standard InChI is InChI=1S/C17H20O3S.C17H20O2S.C15H18O2S2.2C12H18.2C11H16O2S/c1-17(2,3)21(18,19)16-11-7-14(8-12-16)13-5-9-15(20-4)10-6-13;1-13-8-10-14(11-9-13)15-6-5-7-16(12-15)20(18,19)17(2,3)4;1-11-6-5-7-12(8-11)14-9-13(10-18-14)19(16,17)15(2,3)4;1-10-5-7-11(8-6-10)9-12(2,3)4;1-10-6-5-7-11(8-10)9-12(2,3)4;2*1-9-5-7-10(8-6-9)14(12,13)11(2,3)4/h5-12H,1-4H3;5-12H,1-4H3;5-10H,1-4H3;2*5-8H,9H2,1-4H3;2*5-8H,1-4H3. The van der Waals surface area contributed by atoms with E-state index in [4.69, 9.17) is 4.74 Å². The van der Waals surface area contributed by atoms with E-state index in [1.165, 1.54) is 44.7 Å². The molecule has 0 bridgehead atoms. The topological polar surface area (TPSA) is 180 Å². The van der Waals surface area contributed by atoms with Crippen molar-refractivity contribution in [1.29, 1.82) is 0 Å². The summed E-state index contributed by atoms with van der Waals surface area (Å²) in [5.74, 6) is 0.797. The summed E-state index contributed by atoms with van der Waals surface area (Å²) in [7, 11) is -14.6.